The van der Waals surface area contributed by atoms with Crippen LogP contribution in [0, 0.1) is 0 Å². The van der Waals surface area contributed by atoms with E-state index in [1.807, 2.05) is 0 Å². The van der Waals surface area contributed by atoms with E-state index in [-0.39, 0.29) is 6.61 Å². The predicted molar refractivity (Wildman–Crippen MR) is 54.5 cm³/mol. The van der Waals surface area contributed by atoms with Crippen molar-refractivity contribution in [2.45, 2.75) is 23.4 Å². The van der Waals surface area contributed by atoms with Crippen LogP contribution >= 0.6 is 34.8 Å². The highest BCUT2D eigenvalue weighted by Gasteiger charge is 2.33. The Morgan fingerprint density at radius 3 is 2.43 bits per heavy atom. The lowest BCUT2D eigenvalue weighted by molar-refractivity contribution is -0.118. The zero-order chi connectivity index (χ0) is 11.0. The van der Waals surface area contributed by atoms with Gasteiger partial charge in [0.05, 0.1) is 0 Å². The van der Waals surface area contributed by atoms with Crippen molar-refractivity contribution in [3.63, 3.8) is 0 Å². The Kier molecular flexibility index (Phi) is 3.37. The molecule has 1 fully saturated rings. The highest BCUT2D eigenvalue weighted by molar-refractivity contribution is 6.77. The Labute approximate surface area is 96.9 Å². The molecule has 80 valence electrons. The normalized spacial score (nSPS) is 23.6. The van der Waals surface area contributed by atoms with E-state index in [0.29, 0.717) is 5.76 Å². The monoisotopic (exact) mass is 258 g/mol. The van der Waals surface area contributed by atoms with Crippen LogP contribution in [0.1, 0.15) is 13.8 Å². The van der Waals surface area contributed by atoms with Gasteiger partial charge in [-0.2, -0.15) is 0 Å². The molecule has 6 heteroatoms. The van der Waals surface area contributed by atoms with Crippen molar-refractivity contribution in [1.29, 1.82) is 0 Å². The summed E-state index contributed by atoms with van der Waals surface area (Å²) in [6.45, 7) is 3.67. The van der Waals surface area contributed by atoms with Crippen LogP contribution in [0.5, 0.6) is 0 Å². The first-order chi connectivity index (χ1) is 6.21. The molecule has 3 nitrogen and oxygen atoms in total. The van der Waals surface area contributed by atoms with Crippen molar-refractivity contribution in [2.75, 3.05) is 6.61 Å². The second-order valence-corrected chi connectivity index (χ2v) is 5.54. The molecule has 1 rings (SSSR count). The third-order valence-electron chi connectivity index (χ3n) is 1.51. The van der Waals surface area contributed by atoms with Crippen LogP contribution in [0.25, 0.3) is 0 Å². The van der Waals surface area contributed by atoms with Gasteiger partial charge in [-0.3, -0.25) is 4.79 Å². The second-order valence-electron chi connectivity index (χ2n) is 3.26. The number of carbonyl (C=O) groups is 1. The molecule has 0 unspecified atom stereocenters. The van der Waals surface area contributed by atoms with Gasteiger partial charge >= 0.3 is 0 Å². The first-order valence-corrected chi connectivity index (χ1v) is 4.99. The summed E-state index contributed by atoms with van der Waals surface area (Å²) in [4.78, 5) is 11.2. The molecular formula is C8H9Cl3O3. The van der Waals surface area contributed by atoms with Crippen LogP contribution in [0.2, 0.25) is 0 Å². The molecule has 0 spiro atoms. The number of hydrogen-bond donors (Lipinski definition) is 0. The maximum atomic E-state index is 11.2. The molecule has 0 radical (unpaired) electrons. The summed E-state index contributed by atoms with van der Waals surface area (Å²) in [6.07, 6.45) is 1.14. The summed E-state index contributed by atoms with van der Waals surface area (Å²) in [7, 11) is 0. The number of ether oxygens (including phenoxy) is 2. The summed E-state index contributed by atoms with van der Waals surface area (Å²) >= 11 is 16.1. The largest absolute Gasteiger partial charge is 0.465 e. The van der Waals surface area contributed by atoms with Crippen LogP contribution in [-0.2, 0) is 14.3 Å². The highest BCUT2D eigenvalue weighted by atomic mass is 35.6. The molecule has 0 amide bonds. The van der Waals surface area contributed by atoms with Crippen LogP contribution in [0.15, 0.2) is 11.8 Å². The molecule has 1 aliphatic rings. The van der Waals surface area contributed by atoms with E-state index in [4.69, 9.17) is 44.3 Å². The summed E-state index contributed by atoms with van der Waals surface area (Å²) < 4.78 is 8.51. The fraction of sp³-hybridized carbons (Fsp3) is 0.625. The highest BCUT2D eigenvalue weighted by Crippen LogP contribution is 2.30. The van der Waals surface area contributed by atoms with Gasteiger partial charge in [0.1, 0.15) is 12.4 Å². The van der Waals surface area contributed by atoms with Gasteiger partial charge in [0.2, 0.25) is 11.6 Å². The Morgan fingerprint density at radius 1 is 1.50 bits per heavy atom. The van der Waals surface area contributed by atoms with Crippen LogP contribution in [0.4, 0.5) is 0 Å². The zero-order valence-electron chi connectivity index (χ0n) is 7.64. The third-order valence-corrected chi connectivity index (χ3v) is 2.07. The molecule has 0 bridgehead atoms. The van der Waals surface area contributed by atoms with Gasteiger partial charge in [-0.25, -0.2) is 0 Å². The average Bonchev–Trinajstić information content (AvgIpc) is 2.28. The summed E-state index contributed by atoms with van der Waals surface area (Å²) in [6, 6.07) is 0. The average molecular weight is 260 g/mol. The molecule has 1 heterocycles. The molecule has 0 aromatic carbocycles. The molecule has 1 aliphatic heterocycles. The van der Waals surface area contributed by atoms with Crippen LogP contribution in [-0.4, -0.2) is 22.0 Å². The molecule has 0 atom stereocenters. The van der Waals surface area contributed by atoms with Crippen molar-refractivity contribution < 1.29 is 14.3 Å². The number of hydrogen-bond acceptors (Lipinski definition) is 3. The Balaban J connectivity index is 2.68. The first-order valence-electron chi connectivity index (χ1n) is 3.85. The van der Waals surface area contributed by atoms with E-state index in [2.05, 4.69) is 0 Å². The standard InChI is InChI=1S/C8H9Cl3O3/c1-7(2)13-4-5(14-7)3-6(12)8(9,10)11/h3H,4H2,1-2H3/b5-3+. The molecule has 0 aliphatic carbocycles. The Morgan fingerprint density at radius 2 is 2.07 bits per heavy atom. The summed E-state index contributed by atoms with van der Waals surface area (Å²) in [5.74, 6) is -0.996. The maximum absolute atomic E-state index is 11.2. The van der Waals surface area contributed by atoms with Crippen LogP contribution in [0.3, 0.4) is 0 Å². The molecule has 14 heavy (non-hydrogen) atoms. The number of halogens is 3. The number of allylic oxidation sites excluding steroid dienone is 1. The second kappa shape index (κ2) is 3.89. The topological polar surface area (TPSA) is 35.5 Å². The molecule has 0 saturated carbocycles. The van der Waals surface area contributed by atoms with E-state index >= 15 is 0 Å². The van der Waals surface area contributed by atoms with Gasteiger partial charge in [-0.1, -0.05) is 34.8 Å². The SMILES string of the molecule is CC1(C)OC/C(=C\C(=O)C(Cl)(Cl)Cl)O1. The van der Waals surface area contributed by atoms with Crippen LogP contribution < -0.4 is 0 Å². The van der Waals surface area contributed by atoms with Crippen molar-refractivity contribution in [1.82, 2.24) is 0 Å². The minimum Gasteiger partial charge on any atom is -0.465 e. The predicted octanol–water partition coefficient (Wildman–Crippen LogP) is 2.59. The van der Waals surface area contributed by atoms with E-state index in [9.17, 15) is 4.79 Å². The van der Waals surface area contributed by atoms with E-state index in [0.717, 1.165) is 6.08 Å². The van der Waals surface area contributed by atoms with E-state index in [1.165, 1.54) is 0 Å². The maximum Gasteiger partial charge on any atom is 0.252 e. The lowest BCUT2D eigenvalue weighted by Crippen LogP contribution is -2.19. The Hall–Kier alpha value is 0.0400. The zero-order valence-corrected chi connectivity index (χ0v) is 9.91. The summed E-state index contributed by atoms with van der Waals surface area (Å²) in [5.41, 5.74) is 0. The minimum atomic E-state index is -1.94. The van der Waals surface area contributed by atoms with Crippen molar-refractivity contribution >= 4 is 40.6 Å². The quantitative estimate of drug-likeness (QED) is 0.536. The van der Waals surface area contributed by atoms with Crippen molar-refractivity contribution in [3.05, 3.63) is 11.8 Å². The molecule has 0 aromatic heterocycles. The van der Waals surface area contributed by atoms with Gasteiger partial charge in [0.15, 0.2) is 0 Å². The van der Waals surface area contributed by atoms with Gasteiger partial charge in [-0.05, 0) is 0 Å². The molecule has 0 N–H and O–H groups in total. The molecular weight excluding hydrogens is 250 g/mol. The lowest BCUT2D eigenvalue weighted by Gasteiger charge is -2.15. The number of rotatable bonds is 1. The van der Waals surface area contributed by atoms with Crippen molar-refractivity contribution in [3.8, 4) is 0 Å². The third kappa shape index (κ3) is 3.31. The smallest absolute Gasteiger partial charge is 0.252 e. The number of carbonyl (C=O) groups excluding carboxylic acids is 1. The van der Waals surface area contributed by atoms with E-state index < -0.39 is 15.4 Å². The number of ketones is 1. The number of alkyl halides is 3. The van der Waals surface area contributed by atoms with E-state index in [1.54, 1.807) is 13.8 Å². The lowest BCUT2D eigenvalue weighted by atomic mass is 10.3. The van der Waals surface area contributed by atoms with Gasteiger partial charge in [-0.15, -0.1) is 0 Å². The minimum absolute atomic E-state index is 0.208. The fourth-order valence-corrected chi connectivity index (χ4v) is 1.08. The Bertz CT molecular complexity index is 278. The van der Waals surface area contributed by atoms with Crippen molar-refractivity contribution in [2.24, 2.45) is 0 Å². The fourth-order valence-electron chi connectivity index (χ4n) is 0.919. The van der Waals surface area contributed by atoms with Gasteiger partial charge in [0.25, 0.3) is 3.79 Å². The van der Waals surface area contributed by atoms with Gasteiger partial charge < -0.3 is 9.47 Å². The molecule has 0 aromatic rings. The summed E-state index contributed by atoms with van der Waals surface area (Å²) in [5, 5.41) is 0. The van der Waals surface area contributed by atoms with Gasteiger partial charge in [0, 0.05) is 19.9 Å². The first kappa shape index (κ1) is 12.1. The molecule has 1 saturated heterocycles.